The standard InChI is InChI=1S/C13H22N4O/c1-3-11-16-12(14-2)7-13(17-11)15-8-10-5-4-6-18-9-10/h7,10H,3-6,8-9H2,1-2H3,(H2,14,15,16,17). The first kappa shape index (κ1) is 13.1. The monoisotopic (exact) mass is 250 g/mol. The van der Waals surface area contributed by atoms with Crippen LogP contribution in [0, 0.1) is 5.92 Å². The highest BCUT2D eigenvalue weighted by Crippen LogP contribution is 2.16. The third kappa shape index (κ3) is 3.57. The van der Waals surface area contributed by atoms with Crippen LogP contribution in [0.2, 0.25) is 0 Å². The minimum Gasteiger partial charge on any atom is -0.381 e. The Morgan fingerprint density at radius 2 is 2.22 bits per heavy atom. The lowest BCUT2D eigenvalue weighted by Crippen LogP contribution is -2.24. The maximum atomic E-state index is 5.48. The average molecular weight is 250 g/mol. The third-order valence-electron chi connectivity index (χ3n) is 3.17. The Morgan fingerprint density at radius 3 is 2.89 bits per heavy atom. The van der Waals surface area contributed by atoms with Gasteiger partial charge >= 0.3 is 0 Å². The second kappa shape index (κ2) is 6.54. The number of aryl methyl sites for hydroxylation is 1. The van der Waals surface area contributed by atoms with E-state index in [1.165, 1.54) is 6.42 Å². The number of anilines is 2. The number of rotatable bonds is 5. The van der Waals surface area contributed by atoms with E-state index in [-0.39, 0.29) is 0 Å². The molecular formula is C13H22N4O. The zero-order valence-electron chi connectivity index (χ0n) is 11.2. The molecule has 1 atom stereocenters. The highest BCUT2D eigenvalue weighted by molar-refractivity contribution is 5.47. The van der Waals surface area contributed by atoms with Crippen LogP contribution >= 0.6 is 0 Å². The molecule has 2 rings (SSSR count). The summed E-state index contributed by atoms with van der Waals surface area (Å²) in [6, 6.07) is 1.95. The van der Waals surface area contributed by atoms with Gasteiger partial charge < -0.3 is 15.4 Å². The van der Waals surface area contributed by atoms with Crippen molar-refractivity contribution in [1.82, 2.24) is 9.97 Å². The average Bonchev–Trinajstić information content (AvgIpc) is 2.45. The number of ether oxygens (including phenoxy) is 1. The summed E-state index contributed by atoms with van der Waals surface area (Å²) in [7, 11) is 1.88. The minimum atomic E-state index is 0.594. The molecule has 0 spiro atoms. The van der Waals surface area contributed by atoms with E-state index >= 15 is 0 Å². The normalized spacial score (nSPS) is 19.6. The van der Waals surface area contributed by atoms with Gasteiger partial charge in [0, 0.05) is 32.7 Å². The highest BCUT2D eigenvalue weighted by atomic mass is 16.5. The van der Waals surface area contributed by atoms with Crippen molar-refractivity contribution in [3.8, 4) is 0 Å². The predicted octanol–water partition coefficient (Wildman–Crippen LogP) is 1.92. The Kier molecular flexibility index (Phi) is 4.75. The van der Waals surface area contributed by atoms with Crippen LogP contribution in [0.25, 0.3) is 0 Å². The van der Waals surface area contributed by atoms with Crippen molar-refractivity contribution >= 4 is 11.6 Å². The van der Waals surface area contributed by atoms with E-state index in [0.29, 0.717) is 5.92 Å². The van der Waals surface area contributed by atoms with Crippen LogP contribution in [0.3, 0.4) is 0 Å². The minimum absolute atomic E-state index is 0.594. The molecule has 18 heavy (non-hydrogen) atoms. The molecule has 1 aliphatic rings. The summed E-state index contributed by atoms with van der Waals surface area (Å²) >= 11 is 0. The number of hydrogen-bond acceptors (Lipinski definition) is 5. The SMILES string of the molecule is CCc1nc(NC)cc(NCC2CCCOC2)n1. The maximum absolute atomic E-state index is 5.48. The van der Waals surface area contributed by atoms with Crippen molar-refractivity contribution in [2.75, 3.05) is 37.4 Å². The third-order valence-corrected chi connectivity index (χ3v) is 3.17. The fraction of sp³-hybridized carbons (Fsp3) is 0.692. The van der Waals surface area contributed by atoms with Gasteiger partial charge in [0.2, 0.25) is 0 Å². The molecule has 0 bridgehead atoms. The van der Waals surface area contributed by atoms with Crippen molar-refractivity contribution in [2.45, 2.75) is 26.2 Å². The van der Waals surface area contributed by atoms with Crippen LogP contribution in [0.4, 0.5) is 11.6 Å². The molecule has 1 aromatic heterocycles. The molecule has 0 aliphatic carbocycles. The first-order chi connectivity index (χ1) is 8.81. The number of hydrogen-bond donors (Lipinski definition) is 2. The molecular weight excluding hydrogens is 228 g/mol. The summed E-state index contributed by atoms with van der Waals surface area (Å²) in [6.07, 6.45) is 3.24. The first-order valence-corrected chi connectivity index (χ1v) is 6.69. The zero-order chi connectivity index (χ0) is 12.8. The fourth-order valence-electron chi connectivity index (χ4n) is 2.09. The van der Waals surface area contributed by atoms with E-state index in [1.54, 1.807) is 0 Å². The number of aromatic nitrogens is 2. The van der Waals surface area contributed by atoms with E-state index in [0.717, 1.165) is 50.1 Å². The number of nitrogens with one attached hydrogen (secondary N) is 2. The fourth-order valence-corrected chi connectivity index (χ4v) is 2.09. The van der Waals surface area contributed by atoms with E-state index in [2.05, 4.69) is 27.5 Å². The summed E-state index contributed by atoms with van der Waals surface area (Å²) in [5.74, 6) is 3.22. The lowest BCUT2D eigenvalue weighted by atomic mass is 10.0. The van der Waals surface area contributed by atoms with Gasteiger partial charge in [-0.15, -0.1) is 0 Å². The Labute approximate surface area is 108 Å². The topological polar surface area (TPSA) is 59.1 Å². The van der Waals surface area contributed by atoms with E-state index < -0.39 is 0 Å². The molecule has 1 saturated heterocycles. The quantitative estimate of drug-likeness (QED) is 0.836. The van der Waals surface area contributed by atoms with Crippen LogP contribution in [-0.4, -0.2) is 36.8 Å². The largest absolute Gasteiger partial charge is 0.381 e. The molecule has 0 radical (unpaired) electrons. The molecule has 0 amide bonds. The Bertz CT molecular complexity index is 355. The second-order valence-corrected chi connectivity index (χ2v) is 4.62. The van der Waals surface area contributed by atoms with Crippen LogP contribution in [-0.2, 0) is 11.2 Å². The molecule has 1 fully saturated rings. The van der Waals surface area contributed by atoms with Crippen molar-refractivity contribution < 1.29 is 4.74 Å². The molecule has 100 valence electrons. The predicted molar refractivity (Wildman–Crippen MR) is 73.0 cm³/mol. The Balaban J connectivity index is 1.94. The summed E-state index contributed by atoms with van der Waals surface area (Å²) < 4.78 is 5.48. The van der Waals surface area contributed by atoms with Crippen LogP contribution < -0.4 is 10.6 Å². The molecule has 1 aliphatic heterocycles. The lowest BCUT2D eigenvalue weighted by molar-refractivity contribution is 0.0595. The zero-order valence-corrected chi connectivity index (χ0v) is 11.2. The summed E-state index contributed by atoms with van der Waals surface area (Å²) in [6.45, 7) is 4.75. The van der Waals surface area contributed by atoms with Gasteiger partial charge in [-0.25, -0.2) is 9.97 Å². The van der Waals surface area contributed by atoms with Gasteiger partial charge in [-0.3, -0.25) is 0 Å². The Morgan fingerprint density at radius 1 is 1.39 bits per heavy atom. The van der Waals surface area contributed by atoms with E-state index in [9.17, 15) is 0 Å². The smallest absolute Gasteiger partial charge is 0.132 e. The first-order valence-electron chi connectivity index (χ1n) is 6.69. The van der Waals surface area contributed by atoms with Gasteiger partial charge in [0.1, 0.15) is 17.5 Å². The molecule has 2 N–H and O–H groups in total. The second-order valence-electron chi connectivity index (χ2n) is 4.62. The molecule has 5 nitrogen and oxygen atoms in total. The lowest BCUT2D eigenvalue weighted by Gasteiger charge is -2.22. The van der Waals surface area contributed by atoms with Gasteiger partial charge in [-0.05, 0) is 18.8 Å². The van der Waals surface area contributed by atoms with E-state index in [1.807, 2.05) is 13.1 Å². The van der Waals surface area contributed by atoms with Gasteiger partial charge in [-0.1, -0.05) is 6.92 Å². The maximum Gasteiger partial charge on any atom is 0.132 e. The Hall–Kier alpha value is -1.36. The summed E-state index contributed by atoms with van der Waals surface area (Å²) in [5.41, 5.74) is 0. The molecule has 1 unspecified atom stereocenters. The summed E-state index contributed by atoms with van der Waals surface area (Å²) in [5, 5.41) is 6.46. The van der Waals surface area contributed by atoms with Gasteiger partial charge in [-0.2, -0.15) is 0 Å². The van der Waals surface area contributed by atoms with E-state index in [4.69, 9.17) is 4.74 Å². The van der Waals surface area contributed by atoms with Gasteiger partial charge in [0.15, 0.2) is 0 Å². The highest BCUT2D eigenvalue weighted by Gasteiger charge is 2.13. The van der Waals surface area contributed by atoms with Crippen LogP contribution in [0.1, 0.15) is 25.6 Å². The van der Waals surface area contributed by atoms with Crippen molar-refractivity contribution in [3.05, 3.63) is 11.9 Å². The summed E-state index contributed by atoms with van der Waals surface area (Å²) in [4.78, 5) is 8.86. The van der Waals surface area contributed by atoms with Gasteiger partial charge in [0.25, 0.3) is 0 Å². The molecule has 0 saturated carbocycles. The molecule has 0 aromatic carbocycles. The van der Waals surface area contributed by atoms with Gasteiger partial charge in [0.05, 0.1) is 6.61 Å². The number of nitrogens with zero attached hydrogens (tertiary/aromatic N) is 2. The van der Waals surface area contributed by atoms with Crippen molar-refractivity contribution in [2.24, 2.45) is 5.92 Å². The molecule has 2 heterocycles. The van der Waals surface area contributed by atoms with Crippen molar-refractivity contribution in [1.29, 1.82) is 0 Å². The van der Waals surface area contributed by atoms with Crippen molar-refractivity contribution in [3.63, 3.8) is 0 Å². The molecule has 1 aromatic rings. The van der Waals surface area contributed by atoms with Crippen LogP contribution in [0.5, 0.6) is 0 Å². The molecule has 5 heteroatoms. The van der Waals surface area contributed by atoms with Crippen LogP contribution in [0.15, 0.2) is 6.07 Å².